The molecule has 21 heavy (non-hydrogen) atoms. The minimum absolute atomic E-state index is 0.00436. The number of hydrogen-bond acceptors (Lipinski definition) is 4. The molecule has 1 aliphatic heterocycles. The summed E-state index contributed by atoms with van der Waals surface area (Å²) in [5.74, 6) is 0.923. The molecule has 0 radical (unpaired) electrons. The van der Waals surface area contributed by atoms with Gasteiger partial charge in [0.25, 0.3) is 0 Å². The van der Waals surface area contributed by atoms with E-state index in [2.05, 4.69) is 40.9 Å². The van der Waals surface area contributed by atoms with Crippen LogP contribution >= 0.6 is 11.6 Å². The number of fused-ring (bicyclic) bond motifs is 1. The highest BCUT2D eigenvalue weighted by Crippen LogP contribution is 2.24. The maximum absolute atomic E-state index is 6.09. The van der Waals surface area contributed by atoms with Crippen LogP contribution in [0.3, 0.4) is 0 Å². The first-order valence-electron chi connectivity index (χ1n) is 7.19. The third-order valence-corrected chi connectivity index (χ3v) is 4.06. The molecule has 0 amide bonds. The first-order chi connectivity index (χ1) is 9.93. The molecule has 112 valence electrons. The van der Waals surface area contributed by atoms with Gasteiger partial charge in [-0.2, -0.15) is 5.10 Å². The van der Waals surface area contributed by atoms with Gasteiger partial charge >= 0.3 is 0 Å². The van der Waals surface area contributed by atoms with E-state index in [0.29, 0.717) is 5.02 Å². The highest BCUT2D eigenvalue weighted by molar-refractivity contribution is 6.31. The summed E-state index contributed by atoms with van der Waals surface area (Å²) < 4.78 is 0. The third kappa shape index (κ3) is 3.09. The van der Waals surface area contributed by atoms with Gasteiger partial charge in [-0.3, -0.25) is 10.00 Å². The topological polar surface area (TPSA) is 57.7 Å². The summed E-state index contributed by atoms with van der Waals surface area (Å²) in [7, 11) is 0. The fourth-order valence-electron chi connectivity index (χ4n) is 2.50. The van der Waals surface area contributed by atoms with Gasteiger partial charge in [-0.1, -0.05) is 32.4 Å². The molecule has 0 unspecified atom stereocenters. The lowest BCUT2D eigenvalue weighted by atomic mass is 9.95. The van der Waals surface area contributed by atoms with Crippen molar-refractivity contribution in [3.63, 3.8) is 0 Å². The van der Waals surface area contributed by atoms with Gasteiger partial charge < -0.3 is 0 Å². The van der Waals surface area contributed by atoms with Crippen LogP contribution in [-0.4, -0.2) is 31.6 Å². The minimum atomic E-state index is -0.00436. The van der Waals surface area contributed by atoms with Gasteiger partial charge in [0.2, 0.25) is 0 Å². The van der Waals surface area contributed by atoms with Crippen molar-refractivity contribution in [1.29, 1.82) is 0 Å². The summed E-state index contributed by atoms with van der Waals surface area (Å²) in [6, 6.07) is 0. The molecule has 1 N–H and O–H groups in total. The largest absolute Gasteiger partial charge is 0.293 e. The Morgan fingerprint density at radius 2 is 2.14 bits per heavy atom. The second-order valence-electron chi connectivity index (χ2n) is 6.57. The Morgan fingerprint density at radius 3 is 2.81 bits per heavy atom. The third-order valence-electron chi connectivity index (χ3n) is 3.73. The van der Waals surface area contributed by atoms with Gasteiger partial charge in [0, 0.05) is 48.9 Å². The lowest BCUT2D eigenvalue weighted by molar-refractivity contribution is 0.239. The van der Waals surface area contributed by atoms with Gasteiger partial charge in [-0.25, -0.2) is 9.97 Å². The second kappa shape index (κ2) is 5.39. The van der Waals surface area contributed by atoms with Gasteiger partial charge in [0.05, 0.1) is 16.9 Å². The quantitative estimate of drug-likeness (QED) is 0.927. The van der Waals surface area contributed by atoms with E-state index in [0.717, 1.165) is 37.6 Å². The average molecular weight is 306 g/mol. The number of aromatic amines is 1. The second-order valence-corrected chi connectivity index (χ2v) is 6.98. The van der Waals surface area contributed by atoms with Crippen LogP contribution < -0.4 is 0 Å². The first-order valence-corrected chi connectivity index (χ1v) is 7.56. The van der Waals surface area contributed by atoms with Crippen molar-refractivity contribution in [3.05, 3.63) is 40.2 Å². The highest BCUT2D eigenvalue weighted by Gasteiger charge is 2.23. The molecule has 2 aromatic rings. The molecule has 0 atom stereocenters. The highest BCUT2D eigenvalue weighted by atomic mass is 35.5. The molecule has 0 aromatic carbocycles. The van der Waals surface area contributed by atoms with Crippen LogP contribution in [0.1, 0.15) is 43.5 Å². The molecule has 1 aliphatic rings. The number of nitrogens with one attached hydrogen (secondary N) is 1. The Labute approximate surface area is 129 Å². The maximum Gasteiger partial charge on any atom is 0.133 e. The number of hydrogen-bond donors (Lipinski definition) is 1. The molecular weight excluding hydrogens is 286 g/mol. The number of rotatable bonds is 2. The minimum Gasteiger partial charge on any atom is -0.293 e. The van der Waals surface area contributed by atoms with Crippen molar-refractivity contribution in [2.75, 3.05) is 6.54 Å². The van der Waals surface area contributed by atoms with Gasteiger partial charge in [-0.05, 0) is 0 Å². The van der Waals surface area contributed by atoms with Crippen LogP contribution in [0.5, 0.6) is 0 Å². The fraction of sp³-hybridized carbons (Fsp3) is 0.533. The summed E-state index contributed by atoms with van der Waals surface area (Å²) in [6.45, 7) is 9.04. The zero-order chi connectivity index (χ0) is 15.0. The van der Waals surface area contributed by atoms with E-state index in [4.69, 9.17) is 16.6 Å². The fourth-order valence-corrected chi connectivity index (χ4v) is 2.65. The standard InChI is InChI=1S/C15H20ClN5/c1-15(2,3)14-17-6-10-8-21(5-4-12(10)19-14)9-13-11(16)7-18-20-13/h6-7H,4-5,8-9H2,1-3H3,(H,18,20). The van der Waals surface area contributed by atoms with Crippen LogP contribution in [0, 0.1) is 0 Å². The molecule has 0 fully saturated rings. The average Bonchev–Trinajstić information content (AvgIpc) is 2.82. The lowest BCUT2D eigenvalue weighted by Gasteiger charge is -2.28. The van der Waals surface area contributed by atoms with Crippen molar-refractivity contribution >= 4 is 11.6 Å². The maximum atomic E-state index is 6.09. The van der Waals surface area contributed by atoms with Crippen molar-refractivity contribution in [3.8, 4) is 0 Å². The van der Waals surface area contributed by atoms with E-state index in [1.807, 2.05) is 6.20 Å². The monoisotopic (exact) mass is 305 g/mol. The molecule has 6 heteroatoms. The van der Waals surface area contributed by atoms with E-state index < -0.39 is 0 Å². The molecule has 2 aromatic heterocycles. The SMILES string of the molecule is CC(C)(C)c1ncc2c(n1)CCN(Cc1[nH]ncc1Cl)C2. The molecule has 0 bridgehead atoms. The molecule has 5 nitrogen and oxygen atoms in total. The van der Waals surface area contributed by atoms with E-state index in [1.54, 1.807) is 6.20 Å². The molecule has 3 rings (SSSR count). The predicted octanol–water partition coefficient (Wildman–Crippen LogP) is 2.71. The summed E-state index contributed by atoms with van der Waals surface area (Å²) in [5, 5.41) is 7.61. The van der Waals surface area contributed by atoms with E-state index in [-0.39, 0.29) is 5.41 Å². The van der Waals surface area contributed by atoms with Gasteiger partial charge in [0.1, 0.15) is 5.82 Å². The Morgan fingerprint density at radius 1 is 1.33 bits per heavy atom. The smallest absolute Gasteiger partial charge is 0.133 e. The Hall–Kier alpha value is -1.46. The number of H-pyrrole nitrogens is 1. The van der Waals surface area contributed by atoms with Crippen LogP contribution in [0.2, 0.25) is 5.02 Å². The molecule has 3 heterocycles. The predicted molar refractivity (Wildman–Crippen MR) is 82.1 cm³/mol. The normalized spacial score (nSPS) is 16.0. The number of halogens is 1. The zero-order valence-electron chi connectivity index (χ0n) is 12.6. The van der Waals surface area contributed by atoms with Crippen LogP contribution in [0.15, 0.2) is 12.4 Å². The molecule has 0 saturated heterocycles. The summed E-state index contributed by atoms with van der Waals surface area (Å²) >= 11 is 6.09. The first kappa shape index (κ1) is 14.5. The molecule has 0 spiro atoms. The number of aromatic nitrogens is 4. The lowest BCUT2D eigenvalue weighted by Crippen LogP contribution is -2.32. The summed E-state index contributed by atoms with van der Waals surface area (Å²) in [5.41, 5.74) is 3.36. The molecular formula is C15H20ClN5. The Bertz CT molecular complexity index is 644. The van der Waals surface area contributed by atoms with Gasteiger partial charge in [0.15, 0.2) is 0 Å². The Balaban J connectivity index is 1.76. The van der Waals surface area contributed by atoms with Crippen molar-refractivity contribution < 1.29 is 0 Å². The van der Waals surface area contributed by atoms with Crippen LogP contribution in [0.25, 0.3) is 0 Å². The van der Waals surface area contributed by atoms with Crippen LogP contribution in [0.4, 0.5) is 0 Å². The summed E-state index contributed by atoms with van der Waals surface area (Å²) in [6.07, 6.45) is 4.57. The molecule has 0 saturated carbocycles. The van der Waals surface area contributed by atoms with Crippen LogP contribution in [-0.2, 0) is 24.9 Å². The van der Waals surface area contributed by atoms with Gasteiger partial charge in [-0.15, -0.1) is 0 Å². The Kier molecular flexibility index (Phi) is 3.71. The van der Waals surface area contributed by atoms with Crippen molar-refractivity contribution in [1.82, 2.24) is 25.1 Å². The van der Waals surface area contributed by atoms with E-state index in [1.165, 1.54) is 11.3 Å². The van der Waals surface area contributed by atoms with E-state index >= 15 is 0 Å². The number of nitrogens with zero attached hydrogens (tertiary/aromatic N) is 4. The summed E-state index contributed by atoms with van der Waals surface area (Å²) in [4.78, 5) is 11.6. The zero-order valence-corrected chi connectivity index (χ0v) is 13.4. The van der Waals surface area contributed by atoms with Crippen molar-refractivity contribution in [2.24, 2.45) is 0 Å². The molecule has 0 aliphatic carbocycles. The van der Waals surface area contributed by atoms with Crippen molar-refractivity contribution in [2.45, 2.75) is 45.7 Å². The van der Waals surface area contributed by atoms with E-state index in [9.17, 15) is 0 Å².